The van der Waals surface area contributed by atoms with Crippen molar-refractivity contribution < 1.29 is 4.79 Å². The third-order valence-corrected chi connectivity index (χ3v) is 5.23. The lowest BCUT2D eigenvalue weighted by molar-refractivity contribution is 0.0943. The van der Waals surface area contributed by atoms with Crippen molar-refractivity contribution in [1.29, 1.82) is 0 Å². The Labute approximate surface area is 166 Å². The first-order chi connectivity index (χ1) is 13.6. The maximum Gasteiger partial charge on any atom is 0.271 e. The summed E-state index contributed by atoms with van der Waals surface area (Å²) < 4.78 is 1.35. The lowest BCUT2D eigenvalue weighted by Gasteiger charge is -2.31. The Kier molecular flexibility index (Phi) is 6.98. The number of aryl methyl sites for hydroxylation is 1. The Morgan fingerprint density at radius 2 is 2.00 bits per heavy atom. The number of rotatable bonds is 7. The van der Waals surface area contributed by atoms with Crippen molar-refractivity contribution in [2.24, 2.45) is 5.92 Å². The van der Waals surface area contributed by atoms with Gasteiger partial charge in [0.1, 0.15) is 5.69 Å². The van der Waals surface area contributed by atoms with Crippen molar-refractivity contribution >= 4 is 5.91 Å². The molecule has 1 aliphatic heterocycles. The zero-order valence-electron chi connectivity index (χ0n) is 16.9. The molecular formula is C22H30N4O2. The molecule has 1 aromatic carbocycles. The summed E-state index contributed by atoms with van der Waals surface area (Å²) in [7, 11) is 0. The van der Waals surface area contributed by atoms with E-state index in [0.29, 0.717) is 13.1 Å². The first-order valence-corrected chi connectivity index (χ1v) is 10.2. The summed E-state index contributed by atoms with van der Waals surface area (Å²) in [5, 5.41) is 7.14. The van der Waals surface area contributed by atoms with Crippen LogP contribution in [0.25, 0.3) is 0 Å². The molecule has 150 valence electrons. The first kappa shape index (κ1) is 20.3. The number of carbonyl (C=O) groups is 1. The molecule has 0 radical (unpaired) electrons. The molecule has 1 saturated heterocycles. The van der Waals surface area contributed by atoms with Gasteiger partial charge in [0.15, 0.2) is 0 Å². The maximum atomic E-state index is 12.5. The molecule has 6 heteroatoms. The molecule has 1 aliphatic rings. The molecule has 6 nitrogen and oxygen atoms in total. The molecule has 3 rings (SSSR count). The summed E-state index contributed by atoms with van der Waals surface area (Å²) in [6.45, 7) is 8.42. The van der Waals surface area contributed by atoms with Crippen molar-refractivity contribution in [3.8, 4) is 0 Å². The molecule has 1 atom stereocenters. The van der Waals surface area contributed by atoms with Gasteiger partial charge < -0.3 is 5.32 Å². The van der Waals surface area contributed by atoms with Gasteiger partial charge >= 0.3 is 0 Å². The summed E-state index contributed by atoms with van der Waals surface area (Å²) >= 11 is 0. The molecule has 1 unspecified atom stereocenters. The molecule has 0 saturated carbocycles. The summed E-state index contributed by atoms with van der Waals surface area (Å²) in [6.07, 6.45) is 3.35. The fraction of sp³-hybridized carbons (Fsp3) is 0.500. The van der Waals surface area contributed by atoms with E-state index in [9.17, 15) is 9.59 Å². The SMILES string of the molecule is CCCn1nc(C(=O)NCc2ccccc2CN2CCCC(C)C2)ccc1=O. The van der Waals surface area contributed by atoms with Gasteiger partial charge in [-0.1, -0.05) is 38.1 Å². The molecule has 1 aromatic heterocycles. The summed E-state index contributed by atoms with van der Waals surface area (Å²) in [6, 6.07) is 11.2. The predicted molar refractivity (Wildman–Crippen MR) is 110 cm³/mol. The Morgan fingerprint density at radius 3 is 2.75 bits per heavy atom. The third kappa shape index (κ3) is 5.29. The van der Waals surface area contributed by atoms with Crippen molar-refractivity contribution in [2.45, 2.75) is 52.7 Å². The normalized spacial score (nSPS) is 17.4. The van der Waals surface area contributed by atoms with E-state index in [2.05, 4.69) is 40.4 Å². The summed E-state index contributed by atoms with van der Waals surface area (Å²) in [4.78, 5) is 26.8. The minimum absolute atomic E-state index is 0.181. The van der Waals surface area contributed by atoms with Crippen LogP contribution in [-0.2, 0) is 19.6 Å². The first-order valence-electron chi connectivity index (χ1n) is 10.2. The number of nitrogens with one attached hydrogen (secondary N) is 1. The summed E-state index contributed by atoms with van der Waals surface area (Å²) in [5.74, 6) is 0.483. The number of carbonyl (C=O) groups excluding carboxylic acids is 1. The Morgan fingerprint density at radius 1 is 1.21 bits per heavy atom. The van der Waals surface area contributed by atoms with Crippen LogP contribution >= 0.6 is 0 Å². The zero-order chi connectivity index (χ0) is 19.9. The van der Waals surface area contributed by atoms with Crippen molar-refractivity contribution in [3.63, 3.8) is 0 Å². The highest BCUT2D eigenvalue weighted by atomic mass is 16.2. The smallest absolute Gasteiger partial charge is 0.271 e. The average molecular weight is 383 g/mol. The summed E-state index contributed by atoms with van der Waals surface area (Å²) in [5.41, 5.74) is 2.46. The van der Waals surface area contributed by atoms with Gasteiger partial charge in [-0.2, -0.15) is 5.10 Å². The highest BCUT2D eigenvalue weighted by molar-refractivity contribution is 5.91. The number of likely N-dealkylation sites (tertiary alicyclic amines) is 1. The van der Waals surface area contributed by atoms with Crippen LogP contribution in [0.15, 0.2) is 41.2 Å². The van der Waals surface area contributed by atoms with E-state index < -0.39 is 0 Å². The molecule has 0 bridgehead atoms. The van der Waals surface area contributed by atoms with Crippen LogP contribution < -0.4 is 10.9 Å². The largest absolute Gasteiger partial charge is 0.347 e. The van der Waals surface area contributed by atoms with Gasteiger partial charge in [0, 0.05) is 32.2 Å². The van der Waals surface area contributed by atoms with Crippen LogP contribution in [0.4, 0.5) is 0 Å². The van der Waals surface area contributed by atoms with Gasteiger partial charge in [0.2, 0.25) is 0 Å². The lowest BCUT2D eigenvalue weighted by Crippen LogP contribution is -2.34. The van der Waals surface area contributed by atoms with E-state index in [-0.39, 0.29) is 17.2 Å². The molecule has 28 heavy (non-hydrogen) atoms. The second-order valence-electron chi connectivity index (χ2n) is 7.71. The van der Waals surface area contributed by atoms with Crippen LogP contribution in [0.5, 0.6) is 0 Å². The number of amides is 1. The Hall–Kier alpha value is -2.47. The van der Waals surface area contributed by atoms with Gasteiger partial charge in [0.05, 0.1) is 0 Å². The number of hydrogen-bond donors (Lipinski definition) is 1. The second kappa shape index (κ2) is 9.64. The molecule has 2 aromatic rings. The molecule has 1 fully saturated rings. The maximum absolute atomic E-state index is 12.5. The highest BCUT2D eigenvalue weighted by Gasteiger charge is 2.17. The lowest BCUT2D eigenvalue weighted by atomic mass is 9.99. The van der Waals surface area contributed by atoms with Crippen LogP contribution in [-0.4, -0.2) is 33.7 Å². The standard InChI is InChI=1S/C22H30N4O2/c1-3-12-26-21(27)11-10-20(24-26)22(28)23-14-18-8-4-5-9-19(18)16-25-13-6-7-17(2)15-25/h4-5,8-11,17H,3,6-7,12-16H2,1-2H3,(H,23,28). The molecule has 0 spiro atoms. The van der Waals surface area contributed by atoms with E-state index >= 15 is 0 Å². The van der Waals surface area contributed by atoms with Gasteiger partial charge in [-0.3, -0.25) is 14.5 Å². The van der Waals surface area contributed by atoms with Gasteiger partial charge in [-0.15, -0.1) is 0 Å². The third-order valence-electron chi connectivity index (χ3n) is 5.23. The van der Waals surface area contributed by atoms with Crippen LogP contribution in [0.2, 0.25) is 0 Å². The van der Waals surface area contributed by atoms with E-state index in [4.69, 9.17) is 0 Å². The van der Waals surface area contributed by atoms with E-state index in [1.165, 1.54) is 35.2 Å². The zero-order valence-corrected chi connectivity index (χ0v) is 16.9. The van der Waals surface area contributed by atoms with E-state index in [1.54, 1.807) is 0 Å². The molecular weight excluding hydrogens is 352 g/mol. The quantitative estimate of drug-likeness (QED) is 0.800. The van der Waals surface area contributed by atoms with E-state index in [0.717, 1.165) is 37.5 Å². The van der Waals surface area contributed by atoms with E-state index in [1.807, 2.05) is 13.0 Å². The number of benzene rings is 1. The fourth-order valence-corrected chi connectivity index (χ4v) is 3.76. The molecule has 1 N–H and O–H groups in total. The van der Waals surface area contributed by atoms with Crippen molar-refractivity contribution in [2.75, 3.05) is 13.1 Å². The van der Waals surface area contributed by atoms with Gasteiger partial charge in [0.25, 0.3) is 11.5 Å². The minimum atomic E-state index is -0.258. The van der Waals surface area contributed by atoms with Crippen LogP contribution in [0.1, 0.15) is 54.7 Å². The van der Waals surface area contributed by atoms with Crippen molar-refractivity contribution in [3.05, 3.63) is 63.6 Å². The number of aromatic nitrogens is 2. The van der Waals surface area contributed by atoms with Crippen LogP contribution in [0, 0.1) is 5.92 Å². The number of hydrogen-bond acceptors (Lipinski definition) is 4. The number of piperidine rings is 1. The molecule has 2 heterocycles. The van der Waals surface area contributed by atoms with Crippen molar-refractivity contribution in [1.82, 2.24) is 20.0 Å². The topological polar surface area (TPSA) is 67.2 Å². The molecule has 1 amide bonds. The fourth-order valence-electron chi connectivity index (χ4n) is 3.76. The predicted octanol–water partition coefficient (Wildman–Crippen LogP) is 2.82. The minimum Gasteiger partial charge on any atom is -0.347 e. The highest BCUT2D eigenvalue weighted by Crippen LogP contribution is 2.19. The Balaban J connectivity index is 1.65. The number of nitrogens with zero attached hydrogens (tertiary/aromatic N) is 3. The second-order valence-corrected chi connectivity index (χ2v) is 7.71. The average Bonchev–Trinajstić information content (AvgIpc) is 2.69. The monoisotopic (exact) mass is 382 g/mol. The van der Waals surface area contributed by atoms with Gasteiger partial charge in [-0.05, 0) is 48.9 Å². The van der Waals surface area contributed by atoms with Crippen LogP contribution in [0.3, 0.4) is 0 Å². The molecule has 0 aliphatic carbocycles. The van der Waals surface area contributed by atoms with Gasteiger partial charge in [-0.25, -0.2) is 4.68 Å². The Bertz CT molecular complexity index is 862.